The topological polar surface area (TPSA) is 97.7 Å². The number of anilines is 1. The van der Waals surface area contributed by atoms with Crippen LogP contribution in [0.1, 0.15) is 20.7 Å². The molecule has 0 unspecified atom stereocenters. The van der Waals surface area contributed by atoms with Crippen molar-refractivity contribution < 1.29 is 14.3 Å². The number of nitrogens with one attached hydrogen (secondary N) is 1. The van der Waals surface area contributed by atoms with Gasteiger partial charge in [0.2, 0.25) is 0 Å². The van der Waals surface area contributed by atoms with Gasteiger partial charge in [0.15, 0.2) is 5.13 Å². The molecule has 0 aliphatic rings. The molecule has 7 nitrogen and oxygen atoms in total. The Morgan fingerprint density at radius 1 is 1.17 bits per heavy atom. The normalized spacial score (nSPS) is 10.4. The Bertz CT molecular complexity index is 918. The number of hydrogen-bond acceptors (Lipinski definition) is 7. The molecule has 0 aliphatic heterocycles. The number of methoxy groups -OCH3 is 1. The lowest BCUT2D eigenvalue weighted by molar-refractivity contribution is 0.0600. The third-order valence-electron chi connectivity index (χ3n) is 3.22. The Kier molecular flexibility index (Phi) is 4.30. The number of carbonyl (C=O) groups excluding carboxylic acids is 2. The van der Waals surface area contributed by atoms with Crippen molar-refractivity contribution in [1.29, 1.82) is 0 Å². The van der Waals surface area contributed by atoms with Crippen molar-refractivity contribution in [2.24, 2.45) is 5.18 Å². The largest absolute Gasteiger partial charge is 0.465 e. The van der Waals surface area contributed by atoms with Gasteiger partial charge in [0.1, 0.15) is 5.69 Å². The molecule has 0 radical (unpaired) electrons. The number of carbonyl (C=O) groups is 2. The van der Waals surface area contributed by atoms with Crippen molar-refractivity contribution in [3.8, 4) is 0 Å². The number of aromatic nitrogens is 1. The van der Waals surface area contributed by atoms with Gasteiger partial charge >= 0.3 is 5.97 Å². The molecule has 2 aromatic carbocycles. The predicted octanol–water partition coefficient (Wildman–Crippen LogP) is 3.73. The van der Waals surface area contributed by atoms with Gasteiger partial charge in [-0.3, -0.25) is 10.1 Å². The first-order valence-corrected chi connectivity index (χ1v) is 7.66. The summed E-state index contributed by atoms with van der Waals surface area (Å²) in [5.74, 6) is -1.15. The lowest BCUT2D eigenvalue weighted by Gasteiger charge is -2.05. The Hall–Kier alpha value is -3.13. The number of hydrogen-bond donors (Lipinski definition) is 1. The zero-order valence-corrected chi connectivity index (χ0v) is 13.3. The molecule has 1 amide bonds. The molecule has 1 heterocycles. The molecule has 0 saturated heterocycles. The van der Waals surface area contributed by atoms with Gasteiger partial charge in [0.25, 0.3) is 5.91 Å². The molecule has 0 spiro atoms. The average Bonchev–Trinajstić information content (AvgIpc) is 3.02. The van der Waals surface area contributed by atoms with Crippen LogP contribution in [-0.2, 0) is 4.74 Å². The van der Waals surface area contributed by atoms with E-state index >= 15 is 0 Å². The molecule has 24 heavy (non-hydrogen) atoms. The van der Waals surface area contributed by atoms with Crippen LogP contribution in [0.5, 0.6) is 0 Å². The fourth-order valence-electron chi connectivity index (χ4n) is 2.13. The second-order valence-corrected chi connectivity index (χ2v) is 5.82. The molecule has 0 bridgehead atoms. The summed E-state index contributed by atoms with van der Waals surface area (Å²) < 4.78 is 5.54. The number of ether oxygens (including phenoxy) is 1. The van der Waals surface area contributed by atoms with Gasteiger partial charge in [0, 0.05) is 5.56 Å². The summed E-state index contributed by atoms with van der Waals surface area (Å²) >= 11 is 1.33. The summed E-state index contributed by atoms with van der Waals surface area (Å²) in [5, 5.41) is 5.86. The molecule has 0 fully saturated rings. The quantitative estimate of drug-likeness (QED) is 0.576. The Labute approximate surface area is 140 Å². The molecule has 120 valence electrons. The van der Waals surface area contributed by atoms with Crippen LogP contribution < -0.4 is 5.32 Å². The van der Waals surface area contributed by atoms with Crippen LogP contribution in [0.3, 0.4) is 0 Å². The van der Waals surface area contributed by atoms with Crippen molar-refractivity contribution in [3.63, 3.8) is 0 Å². The minimum absolute atomic E-state index is 0.0349. The Balaban J connectivity index is 1.91. The molecule has 8 heteroatoms. The van der Waals surface area contributed by atoms with Crippen LogP contribution in [0.15, 0.2) is 47.6 Å². The first-order chi connectivity index (χ1) is 11.6. The van der Waals surface area contributed by atoms with Crippen molar-refractivity contribution in [2.45, 2.75) is 0 Å². The highest BCUT2D eigenvalue weighted by Crippen LogP contribution is 2.26. The maximum absolute atomic E-state index is 12.4. The number of nitroso groups, excluding NO2 is 1. The highest BCUT2D eigenvalue weighted by molar-refractivity contribution is 7.22. The van der Waals surface area contributed by atoms with Gasteiger partial charge in [-0.05, 0) is 35.5 Å². The summed E-state index contributed by atoms with van der Waals surface area (Å²) in [6, 6.07) is 11.4. The van der Waals surface area contributed by atoms with E-state index in [1.54, 1.807) is 0 Å². The lowest BCUT2D eigenvalue weighted by atomic mass is 10.1. The third kappa shape index (κ3) is 3.13. The minimum Gasteiger partial charge on any atom is -0.465 e. The number of benzene rings is 2. The van der Waals surface area contributed by atoms with Crippen LogP contribution in [0, 0.1) is 4.91 Å². The molecule has 3 aromatic rings. The second kappa shape index (κ2) is 6.55. The van der Waals surface area contributed by atoms with E-state index in [1.807, 2.05) is 24.3 Å². The molecular formula is C16H11N3O4S. The molecule has 0 saturated carbocycles. The number of nitrogens with zero attached hydrogens (tertiary/aromatic N) is 2. The van der Waals surface area contributed by atoms with Crippen molar-refractivity contribution >= 4 is 44.2 Å². The van der Waals surface area contributed by atoms with E-state index in [2.05, 4.69) is 20.2 Å². The molecule has 0 atom stereocenters. The molecule has 1 aromatic heterocycles. The highest BCUT2D eigenvalue weighted by Gasteiger charge is 2.15. The van der Waals surface area contributed by atoms with Gasteiger partial charge < -0.3 is 4.74 Å². The number of para-hydroxylation sites is 1. The fraction of sp³-hybridized carbons (Fsp3) is 0.0625. The highest BCUT2D eigenvalue weighted by atomic mass is 32.1. The summed E-state index contributed by atoms with van der Waals surface area (Å²) in [5.41, 5.74) is 0.930. The van der Waals surface area contributed by atoms with E-state index in [1.165, 1.54) is 36.6 Å². The zero-order valence-electron chi connectivity index (χ0n) is 12.5. The third-order valence-corrected chi connectivity index (χ3v) is 4.17. The van der Waals surface area contributed by atoms with Crippen molar-refractivity contribution in [2.75, 3.05) is 12.4 Å². The van der Waals surface area contributed by atoms with Gasteiger partial charge in [-0.1, -0.05) is 23.5 Å². The predicted molar refractivity (Wildman–Crippen MR) is 90.8 cm³/mol. The van der Waals surface area contributed by atoms with E-state index in [9.17, 15) is 14.5 Å². The van der Waals surface area contributed by atoms with Gasteiger partial charge in [-0.2, -0.15) is 0 Å². The smallest absolute Gasteiger partial charge is 0.337 e. The second-order valence-electron chi connectivity index (χ2n) is 4.79. The number of esters is 1. The Morgan fingerprint density at radius 2 is 1.92 bits per heavy atom. The summed E-state index contributed by atoms with van der Waals surface area (Å²) in [4.78, 5) is 39.1. The summed E-state index contributed by atoms with van der Waals surface area (Å²) in [6.45, 7) is 0. The van der Waals surface area contributed by atoms with Gasteiger partial charge in [-0.25, -0.2) is 9.78 Å². The van der Waals surface area contributed by atoms with Gasteiger partial charge in [-0.15, -0.1) is 4.91 Å². The van der Waals surface area contributed by atoms with Crippen molar-refractivity contribution in [1.82, 2.24) is 4.98 Å². The molecule has 1 N–H and O–H groups in total. The number of amides is 1. The first-order valence-electron chi connectivity index (χ1n) is 6.84. The molecule has 3 rings (SSSR count). The Morgan fingerprint density at radius 3 is 2.62 bits per heavy atom. The van der Waals surface area contributed by atoms with E-state index in [0.717, 1.165) is 10.2 Å². The first kappa shape index (κ1) is 15.8. The van der Waals surface area contributed by atoms with E-state index in [4.69, 9.17) is 0 Å². The van der Waals surface area contributed by atoms with Crippen molar-refractivity contribution in [3.05, 3.63) is 58.5 Å². The monoisotopic (exact) mass is 341 g/mol. The molecular weight excluding hydrogens is 330 g/mol. The van der Waals surface area contributed by atoms with E-state index < -0.39 is 11.9 Å². The van der Waals surface area contributed by atoms with E-state index in [0.29, 0.717) is 5.13 Å². The SMILES string of the molecule is COC(=O)c1cc(N=O)cc(C(=O)Nc2nc3ccccc3s2)c1. The number of thiazole rings is 1. The molecule has 0 aliphatic carbocycles. The lowest BCUT2D eigenvalue weighted by Crippen LogP contribution is -2.13. The van der Waals surface area contributed by atoms with Crippen LogP contribution in [-0.4, -0.2) is 24.0 Å². The average molecular weight is 341 g/mol. The van der Waals surface area contributed by atoms with Crippen LogP contribution in [0.25, 0.3) is 10.2 Å². The maximum atomic E-state index is 12.4. The summed E-state index contributed by atoms with van der Waals surface area (Å²) in [7, 11) is 1.21. The minimum atomic E-state index is -0.658. The number of rotatable bonds is 4. The van der Waals surface area contributed by atoms with E-state index in [-0.39, 0.29) is 16.8 Å². The summed E-state index contributed by atoms with van der Waals surface area (Å²) in [6.07, 6.45) is 0. The maximum Gasteiger partial charge on any atom is 0.337 e. The number of fused-ring (bicyclic) bond motifs is 1. The van der Waals surface area contributed by atoms with Crippen LogP contribution in [0.2, 0.25) is 0 Å². The van der Waals surface area contributed by atoms with Crippen LogP contribution in [0.4, 0.5) is 10.8 Å². The van der Waals surface area contributed by atoms with Crippen LogP contribution >= 0.6 is 11.3 Å². The zero-order chi connectivity index (χ0) is 17.1. The standard InChI is InChI=1S/C16H11N3O4S/c1-23-15(21)10-6-9(7-11(8-10)19-22)14(20)18-16-17-12-4-2-3-5-13(12)24-16/h2-8H,1H3,(H,17,18,20). The van der Waals surface area contributed by atoms with Gasteiger partial charge in [0.05, 0.1) is 22.9 Å². The fourth-order valence-corrected chi connectivity index (χ4v) is 2.99.